The molecule has 1 aliphatic rings. The fourth-order valence-electron chi connectivity index (χ4n) is 3.99. The third kappa shape index (κ3) is 6.64. The Morgan fingerprint density at radius 1 is 1.17 bits per heavy atom. The van der Waals surface area contributed by atoms with E-state index in [0.717, 1.165) is 48.1 Å². The van der Waals surface area contributed by atoms with Crippen LogP contribution in [0.3, 0.4) is 0 Å². The molecule has 0 saturated carbocycles. The number of carbonyl (C=O) groups excluding carboxylic acids is 1. The minimum absolute atomic E-state index is 0.0858. The highest BCUT2D eigenvalue weighted by Crippen LogP contribution is 2.25. The van der Waals surface area contributed by atoms with Crippen LogP contribution < -0.4 is 14.8 Å². The zero-order chi connectivity index (χ0) is 21.3. The maximum atomic E-state index is 12.4. The quantitative estimate of drug-likeness (QED) is 0.628. The predicted octanol–water partition coefficient (Wildman–Crippen LogP) is 4.67. The fraction of sp³-hybridized carbons (Fsp3) is 0.458. The molecule has 0 radical (unpaired) electrons. The van der Waals surface area contributed by atoms with E-state index in [1.807, 2.05) is 30.3 Å². The molecule has 1 aliphatic heterocycles. The zero-order valence-electron chi connectivity index (χ0n) is 17.8. The van der Waals surface area contributed by atoms with Gasteiger partial charge in [-0.05, 0) is 61.6 Å². The van der Waals surface area contributed by atoms with Crippen LogP contribution in [0, 0.1) is 5.92 Å². The summed E-state index contributed by atoms with van der Waals surface area (Å²) in [6, 6.07) is 13.7. The highest BCUT2D eigenvalue weighted by Gasteiger charge is 2.20. The molecule has 1 saturated heterocycles. The van der Waals surface area contributed by atoms with Gasteiger partial charge in [-0.2, -0.15) is 0 Å². The molecule has 0 aliphatic carbocycles. The average Bonchev–Trinajstić information content (AvgIpc) is 2.78. The summed E-state index contributed by atoms with van der Waals surface area (Å²) >= 11 is 5.98. The van der Waals surface area contributed by atoms with E-state index in [9.17, 15) is 4.79 Å². The number of benzene rings is 2. The van der Waals surface area contributed by atoms with Crippen molar-refractivity contribution in [3.8, 4) is 11.5 Å². The van der Waals surface area contributed by atoms with E-state index in [-0.39, 0.29) is 5.91 Å². The van der Waals surface area contributed by atoms with Crippen molar-refractivity contribution in [2.75, 3.05) is 27.3 Å². The molecule has 5 nitrogen and oxygen atoms in total. The molecule has 0 aromatic heterocycles. The minimum Gasteiger partial charge on any atom is -0.497 e. The predicted molar refractivity (Wildman–Crippen MR) is 120 cm³/mol. The number of halogens is 1. The van der Waals surface area contributed by atoms with Gasteiger partial charge < -0.3 is 14.8 Å². The highest BCUT2D eigenvalue weighted by molar-refractivity contribution is 6.30. The second-order valence-electron chi connectivity index (χ2n) is 7.86. The molecule has 1 atom stereocenters. The maximum Gasteiger partial charge on any atom is 0.220 e. The average molecular weight is 431 g/mol. The number of piperidine rings is 1. The number of likely N-dealkylation sites (tertiary alicyclic amines) is 1. The van der Waals surface area contributed by atoms with Gasteiger partial charge in [0.05, 0.1) is 14.2 Å². The van der Waals surface area contributed by atoms with Gasteiger partial charge >= 0.3 is 0 Å². The summed E-state index contributed by atoms with van der Waals surface area (Å²) in [5.41, 5.74) is 2.23. The monoisotopic (exact) mass is 430 g/mol. The SMILES string of the molecule is COc1ccc(CNC(=O)CCC2CCCN(Cc3ccc(Cl)cc3)C2)c(OC)c1. The molecule has 1 fully saturated rings. The highest BCUT2D eigenvalue weighted by atomic mass is 35.5. The van der Waals surface area contributed by atoms with E-state index in [1.165, 1.54) is 18.4 Å². The van der Waals surface area contributed by atoms with Gasteiger partial charge in [0.15, 0.2) is 0 Å². The van der Waals surface area contributed by atoms with E-state index in [2.05, 4.69) is 22.3 Å². The molecule has 2 aromatic rings. The molecule has 162 valence electrons. The van der Waals surface area contributed by atoms with Crippen LogP contribution in [0.25, 0.3) is 0 Å². The molecular formula is C24H31ClN2O3. The first-order valence-corrected chi connectivity index (χ1v) is 10.9. The molecule has 6 heteroatoms. The summed E-state index contributed by atoms with van der Waals surface area (Å²) in [5, 5.41) is 3.79. The number of hydrogen-bond acceptors (Lipinski definition) is 4. The van der Waals surface area contributed by atoms with Gasteiger partial charge in [-0.15, -0.1) is 0 Å². The lowest BCUT2D eigenvalue weighted by atomic mass is 9.93. The van der Waals surface area contributed by atoms with Crippen molar-refractivity contribution >= 4 is 17.5 Å². The fourth-order valence-corrected chi connectivity index (χ4v) is 4.12. The summed E-state index contributed by atoms with van der Waals surface area (Å²) in [6.07, 6.45) is 3.85. The maximum absolute atomic E-state index is 12.4. The van der Waals surface area contributed by atoms with Crippen LogP contribution in [-0.4, -0.2) is 38.1 Å². The van der Waals surface area contributed by atoms with Gasteiger partial charge in [-0.3, -0.25) is 9.69 Å². The Labute approximate surface area is 184 Å². The molecule has 30 heavy (non-hydrogen) atoms. The van der Waals surface area contributed by atoms with Crippen LogP contribution in [-0.2, 0) is 17.9 Å². The van der Waals surface area contributed by atoms with Gasteiger partial charge in [0.1, 0.15) is 11.5 Å². The van der Waals surface area contributed by atoms with E-state index < -0.39 is 0 Å². The van der Waals surface area contributed by atoms with Crippen LogP contribution in [0.4, 0.5) is 0 Å². The van der Waals surface area contributed by atoms with Crippen molar-refractivity contribution in [1.82, 2.24) is 10.2 Å². The summed E-state index contributed by atoms with van der Waals surface area (Å²) in [5.74, 6) is 2.11. The smallest absolute Gasteiger partial charge is 0.220 e. The first kappa shape index (κ1) is 22.4. The number of carbonyl (C=O) groups is 1. The van der Waals surface area contributed by atoms with Crippen molar-refractivity contribution in [2.45, 2.75) is 38.8 Å². The number of rotatable bonds is 9. The molecule has 1 heterocycles. The number of amides is 1. The van der Waals surface area contributed by atoms with Crippen molar-refractivity contribution in [2.24, 2.45) is 5.92 Å². The Kier molecular flexibility index (Phi) is 8.40. The van der Waals surface area contributed by atoms with Gasteiger partial charge in [-0.1, -0.05) is 23.7 Å². The molecule has 3 rings (SSSR count). The summed E-state index contributed by atoms with van der Waals surface area (Å²) in [6.45, 7) is 3.56. The first-order valence-electron chi connectivity index (χ1n) is 10.5. The lowest BCUT2D eigenvalue weighted by Crippen LogP contribution is -2.35. The van der Waals surface area contributed by atoms with E-state index in [0.29, 0.717) is 18.9 Å². The Morgan fingerprint density at radius 2 is 1.97 bits per heavy atom. The Hall–Kier alpha value is -2.24. The number of nitrogens with zero attached hydrogens (tertiary/aromatic N) is 1. The van der Waals surface area contributed by atoms with Gasteiger partial charge in [-0.25, -0.2) is 0 Å². The summed E-state index contributed by atoms with van der Waals surface area (Å²) in [7, 11) is 3.25. The number of nitrogens with one attached hydrogen (secondary N) is 1. The largest absolute Gasteiger partial charge is 0.497 e. The van der Waals surface area contributed by atoms with Crippen LogP contribution in [0.2, 0.25) is 5.02 Å². The lowest BCUT2D eigenvalue weighted by Gasteiger charge is -2.32. The topological polar surface area (TPSA) is 50.8 Å². The van der Waals surface area contributed by atoms with Crippen molar-refractivity contribution < 1.29 is 14.3 Å². The van der Waals surface area contributed by atoms with Crippen molar-refractivity contribution in [3.05, 3.63) is 58.6 Å². The first-order chi connectivity index (χ1) is 14.6. The standard InChI is InChI=1S/C24H31ClN2O3/c1-29-22-11-8-20(23(14-22)30-2)15-26-24(28)12-7-18-4-3-13-27(16-18)17-19-5-9-21(25)10-6-19/h5-6,8-11,14,18H,3-4,7,12-13,15-17H2,1-2H3,(H,26,28). The molecule has 1 amide bonds. The number of methoxy groups -OCH3 is 2. The summed E-state index contributed by atoms with van der Waals surface area (Å²) < 4.78 is 10.6. The van der Waals surface area contributed by atoms with Gasteiger partial charge in [0.25, 0.3) is 0 Å². The molecule has 2 aromatic carbocycles. The zero-order valence-corrected chi connectivity index (χ0v) is 18.6. The van der Waals surface area contributed by atoms with Gasteiger partial charge in [0, 0.05) is 42.7 Å². The Balaban J connectivity index is 1.42. The van der Waals surface area contributed by atoms with Crippen LogP contribution in [0.15, 0.2) is 42.5 Å². The van der Waals surface area contributed by atoms with Crippen molar-refractivity contribution in [1.29, 1.82) is 0 Å². The molecule has 0 bridgehead atoms. The van der Waals surface area contributed by atoms with Crippen LogP contribution in [0.1, 0.15) is 36.8 Å². The third-order valence-corrected chi connectivity index (χ3v) is 5.92. The normalized spacial score (nSPS) is 16.8. The third-order valence-electron chi connectivity index (χ3n) is 5.67. The van der Waals surface area contributed by atoms with Gasteiger partial charge in [0.2, 0.25) is 5.91 Å². The van der Waals surface area contributed by atoms with Crippen molar-refractivity contribution in [3.63, 3.8) is 0 Å². The van der Waals surface area contributed by atoms with E-state index in [4.69, 9.17) is 21.1 Å². The minimum atomic E-state index is 0.0858. The van der Waals surface area contributed by atoms with Crippen LogP contribution >= 0.6 is 11.6 Å². The molecule has 1 unspecified atom stereocenters. The molecular weight excluding hydrogens is 400 g/mol. The Morgan fingerprint density at radius 3 is 2.70 bits per heavy atom. The number of hydrogen-bond donors (Lipinski definition) is 1. The second-order valence-corrected chi connectivity index (χ2v) is 8.30. The lowest BCUT2D eigenvalue weighted by molar-refractivity contribution is -0.121. The summed E-state index contributed by atoms with van der Waals surface area (Å²) in [4.78, 5) is 14.9. The van der Waals surface area contributed by atoms with E-state index in [1.54, 1.807) is 14.2 Å². The Bertz CT molecular complexity index is 826. The van der Waals surface area contributed by atoms with Crippen LogP contribution in [0.5, 0.6) is 11.5 Å². The second kappa shape index (κ2) is 11.2. The van der Waals surface area contributed by atoms with E-state index >= 15 is 0 Å². The molecule has 1 N–H and O–H groups in total. The molecule has 0 spiro atoms. The number of ether oxygens (including phenoxy) is 2.